The maximum absolute atomic E-state index is 13.1. The molecule has 0 unspecified atom stereocenters. The van der Waals surface area contributed by atoms with Gasteiger partial charge in [-0.1, -0.05) is 28.1 Å². The van der Waals surface area contributed by atoms with Crippen LogP contribution in [0.1, 0.15) is 21.5 Å². The fourth-order valence-corrected chi connectivity index (χ4v) is 4.35. The number of halogens is 2. The van der Waals surface area contributed by atoms with Gasteiger partial charge < -0.3 is 14.6 Å². The zero-order valence-corrected chi connectivity index (χ0v) is 22.3. The molecule has 0 aliphatic carbocycles. The Morgan fingerprint density at radius 3 is 2.32 bits per heavy atom. The third kappa shape index (κ3) is 5.73. The minimum Gasteiger partial charge on any atom is -0.493 e. The minimum atomic E-state index is -1.15. The summed E-state index contributed by atoms with van der Waals surface area (Å²) >= 11 is 6.85. The molecule has 2 N–H and O–H groups in total. The Kier molecular flexibility index (Phi) is 7.74. The lowest BCUT2D eigenvalue weighted by molar-refractivity contribution is -0.122. The van der Waals surface area contributed by atoms with E-state index in [1.54, 1.807) is 12.1 Å². The molecule has 188 valence electrons. The summed E-state index contributed by atoms with van der Waals surface area (Å²) in [6.07, 6.45) is 1.33. The molecule has 0 atom stereocenters. The molecular weight excluding hydrogens is 612 g/mol. The summed E-state index contributed by atoms with van der Waals surface area (Å²) in [5.74, 6) is -2.08. The average Bonchev–Trinajstić information content (AvgIpc) is 2.86. The van der Waals surface area contributed by atoms with Crippen molar-refractivity contribution < 1.29 is 33.8 Å². The van der Waals surface area contributed by atoms with Gasteiger partial charge in [-0.25, -0.2) is 14.5 Å². The maximum atomic E-state index is 13.1. The summed E-state index contributed by atoms with van der Waals surface area (Å²) in [5.41, 5.74) is 1.18. The summed E-state index contributed by atoms with van der Waals surface area (Å²) in [6, 6.07) is 15.1. The number of carbonyl (C=O) groups excluding carboxylic acids is 3. The van der Waals surface area contributed by atoms with Gasteiger partial charge in [-0.3, -0.25) is 14.9 Å². The van der Waals surface area contributed by atoms with Gasteiger partial charge in [-0.2, -0.15) is 0 Å². The third-order valence-electron chi connectivity index (χ3n) is 5.33. The monoisotopic (exact) mass is 628 g/mol. The fraction of sp³-hybridized carbons (Fsp3) is 0.0769. The van der Waals surface area contributed by atoms with E-state index >= 15 is 0 Å². The van der Waals surface area contributed by atoms with Gasteiger partial charge in [0.1, 0.15) is 12.2 Å². The summed E-state index contributed by atoms with van der Waals surface area (Å²) in [7, 11) is 1.46. The quantitative estimate of drug-likeness (QED) is 0.273. The Morgan fingerprint density at radius 1 is 1.03 bits per heavy atom. The Labute approximate surface area is 227 Å². The van der Waals surface area contributed by atoms with Crippen molar-refractivity contribution in [1.29, 1.82) is 0 Å². The van der Waals surface area contributed by atoms with Crippen molar-refractivity contribution in [2.75, 3.05) is 12.0 Å². The molecule has 0 radical (unpaired) electrons. The second kappa shape index (κ2) is 11.0. The number of rotatable bonds is 7. The minimum absolute atomic E-state index is 0.0140. The number of carbonyl (C=O) groups is 4. The van der Waals surface area contributed by atoms with Crippen LogP contribution in [0.4, 0.5) is 10.5 Å². The van der Waals surface area contributed by atoms with E-state index in [-0.39, 0.29) is 23.4 Å². The number of anilines is 1. The number of hydrogen-bond donors (Lipinski definition) is 2. The van der Waals surface area contributed by atoms with Crippen molar-refractivity contribution in [3.8, 4) is 11.5 Å². The number of amides is 4. The van der Waals surface area contributed by atoms with E-state index in [1.807, 2.05) is 24.3 Å². The molecule has 1 fully saturated rings. The maximum Gasteiger partial charge on any atom is 0.335 e. The zero-order valence-electron chi connectivity index (χ0n) is 19.2. The number of methoxy groups -OCH3 is 1. The molecule has 0 spiro atoms. The number of ether oxygens (including phenoxy) is 2. The summed E-state index contributed by atoms with van der Waals surface area (Å²) in [5, 5.41) is 11.2. The van der Waals surface area contributed by atoms with E-state index < -0.39 is 23.8 Å². The number of hydrogen-bond acceptors (Lipinski definition) is 6. The highest BCUT2D eigenvalue weighted by Crippen LogP contribution is 2.38. The van der Waals surface area contributed by atoms with Gasteiger partial charge in [0.05, 0.1) is 22.8 Å². The topological polar surface area (TPSA) is 122 Å². The molecule has 9 nitrogen and oxygen atoms in total. The molecule has 0 bridgehead atoms. The van der Waals surface area contributed by atoms with Crippen LogP contribution in [0.5, 0.6) is 11.5 Å². The summed E-state index contributed by atoms with van der Waals surface area (Å²) in [6.45, 7) is 0.279. The van der Waals surface area contributed by atoms with Crippen LogP contribution in [-0.4, -0.2) is 36.0 Å². The first-order valence-corrected chi connectivity index (χ1v) is 12.3. The van der Waals surface area contributed by atoms with E-state index in [0.29, 0.717) is 21.5 Å². The van der Waals surface area contributed by atoms with Crippen LogP contribution < -0.4 is 19.7 Å². The summed E-state index contributed by atoms with van der Waals surface area (Å²) < 4.78 is 12.9. The lowest BCUT2D eigenvalue weighted by Crippen LogP contribution is -2.54. The molecule has 1 aliphatic heterocycles. The predicted molar refractivity (Wildman–Crippen MR) is 142 cm³/mol. The molecule has 11 heteroatoms. The van der Waals surface area contributed by atoms with Gasteiger partial charge in [0.25, 0.3) is 11.8 Å². The van der Waals surface area contributed by atoms with Crippen molar-refractivity contribution in [2.24, 2.45) is 0 Å². The van der Waals surface area contributed by atoms with Crippen molar-refractivity contribution in [2.45, 2.75) is 6.61 Å². The first-order valence-electron chi connectivity index (χ1n) is 10.7. The van der Waals surface area contributed by atoms with Gasteiger partial charge in [0.2, 0.25) is 0 Å². The van der Waals surface area contributed by atoms with E-state index in [9.17, 15) is 19.2 Å². The number of barbiturate groups is 1. The summed E-state index contributed by atoms with van der Waals surface area (Å²) in [4.78, 5) is 50.0. The largest absolute Gasteiger partial charge is 0.493 e. The van der Waals surface area contributed by atoms with Crippen LogP contribution in [0.2, 0.25) is 0 Å². The zero-order chi connectivity index (χ0) is 26.7. The smallest absolute Gasteiger partial charge is 0.335 e. The normalized spacial score (nSPS) is 14.5. The highest BCUT2D eigenvalue weighted by molar-refractivity contribution is 9.10. The molecular formula is C26H18Br2N2O7. The van der Waals surface area contributed by atoms with Crippen LogP contribution in [0.15, 0.2) is 75.2 Å². The third-order valence-corrected chi connectivity index (χ3v) is 6.45. The number of benzene rings is 3. The lowest BCUT2D eigenvalue weighted by atomic mass is 10.1. The lowest BCUT2D eigenvalue weighted by Gasteiger charge is -2.26. The fourth-order valence-electron chi connectivity index (χ4n) is 3.51. The Hall–Kier alpha value is -3.96. The molecule has 37 heavy (non-hydrogen) atoms. The standard InChI is InChI=1S/C26H18Br2N2O7/c1-36-21-12-15(11-20(28)22(21)37-13-14-2-6-17(27)7-3-14)10-19-23(31)29-26(35)30(24(19)32)18-8-4-16(5-9-18)25(33)34/h2-12H,13H2,1H3,(H,33,34)(H,29,31,35)/b19-10+. The number of nitrogens with zero attached hydrogens (tertiary/aromatic N) is 1. The van der Waals surface area contributed by atoms with Crippen LogP contribution in [-0.2, 0) is 16.2 Å². The number of carboxylic acids is 1. The van der Waals surface area contributed by atoms with Crippen molar-refractivity contribution in [1.82, 2.24) is 5.32 Å². The van der Waals surface area contributed by atoms with Crippen LogP contribution >= 0.6 is 31.9 Å². The number of imide groups is 2. The number of carboxylic acid groups (broad SMARTS) is 1. The SMILES string of the molecule is COc1cc(/C=C2\C(=O)NC(=O)N(c3ccc(C(=O)O)cc3)C2=O)cc(Br)c1OCc1ccc(Br)cc1. The first kappa shape index (κ1) is 26.1. The molecule has 0 saturated carbocycles. The molecule has 0 aromatic heterocycles. The molecule has 3 aromatic carbocycles. The van der Waals surface area contributed by atoms with Crippen molar-refractivity contribution in [3.05, 3.63) is 91.9 Å². The van der Waals surface area contributed by atoms with Gasteiger partial charge in [0, 0.05) is 4.47 Å². The highest BCUT2D eigenvalue weighted by Gasteiger charge is 2.37. The van der Waals surface area contributed by atoms with Crippen LogP contribution in [0, 0.1) is 0 Å². The van der Waals surface area contributed by atoms with Gasteiger partial charge >= 0.3 is 12.0 Å². The van der Waals surface area contributed by atoms with Gasteiger partial charge in [-0.15, -0.1) is 0 Å². The highest BCUT2D eigenvalue weighted by atomic mass is 79.9. The van der Waals surface area contributed by atoms with E-state index in [1.165, 1.54) is 37.5 Å². The molecule has 4 amide bonds. The number of aromatic carboxylic acids is 1. The van der Waals surface area contributed by atoms with Gasteiger partial charge in [0.15, 0.2) is 11.5 Å². The Bertz CT molecular complexity index is 1430. The molecule has 3 aromatic rings. The molecule has 1 aliphatic rings. The van der Waals surface area contributed by atoms with Gasteiger partial charge in [-0.05, 0) is 81.7 Å². The first-order chi connectivity index (χ1) is 17.7. The van der Waals surface area contributed by atoms with E-state index in [0.717, 1.165) is 14.9 Å². The van der Waals surface area contributed by atoms with Crippen LogP contribution in [0.3, 0.4) is 0 Å². The Balaban J connectivity index is 1.62. The number of nitrogens with one attached hydrogen (secondary N) is 1. The number of urea groups is 1. The van der Waals surface area contributed by atoms with E-state index in [4.69, 9.17) is 14.6 Å². The van der Waals surface area contributed by atoms with Crippen molar-refractivity contribution >= 4 is 67.4 Å². The molecule has 1 saturated heterocycles. The molecule has 1 heterocycles. The van der Waals surface area contributed by atoms with Crippen LogP contribution in [0.25, 0.3) is 6.08 Å². The molecule has 4 rings (SSSR count). The second-order valence-electron chi connectivity index (χ2n) is 7.76. The van der Waals surface area contributed by atoms with Crippen molar-refractivity contribution in [3.63, 3.8) is 0 Å². The average molecular weight is 630 g/mol. The predicted octanol–water partition coefficient (Wildman–Crippen LogP) is 5.16. The van der Waals surface area contributed by atoms with E-state index in [2.05, 4.69) is 37.2 Å². The second-order valence-corrected chi connectivity index (χ2v) is 9.53. The Morgan fingerprint density at radius 2 is 1.70 bits per heavy atom.